The average Bonchev–Trinajstić information content (AvgIpc) is 1.85. The molecule has 0 aromatic heterocycles. The van der Waals surface area contributed by atoms with E-state index in [1.165, 1.54) is 7.11 Å². The summed E-state index contributed by atoms with van der Waals surface area (Å²) in [5.74, 6) is 0. The van der Waals surface area contributed by atoms with Crippen LogP contribution >= 0.6 is 24.4 Å². The molecule has 0 spiro atoms. The van der Waals surface area contributed by atoms with Crippen LogP contribution in [0.2, 0.25) is 0 Å². The third kappa shape index (κ3) is 1.62. The van der Waals surface area contributed by atoms with Gasteiger partial charge in [0.1, 0.15) is 9.98 Å². The zero-order valence-electron chi connectivity index (χ0n) is 5.88. The van der Waals surface area contributed by atoms with E-state index >= 15 is 0 Å². The molecule has 0 bridgehead atoms. The molecule has 0 aromatic carbocycles. The fourth-order valence-corrected chi connectivity index (χ4v) is 0.774. The summed E-state index contributed by atoms with van der Waals surface area (Å²) in [5.41, 5.74) is 9.70. The van der Waals surface area contributed by atoms with Gasteiger partial charge in [0.25, 0.3) is 0 Å². The standard InChI is InChI=1S/C5H10N2OS2/c1-5(8-2,3(6)9)4(7)10/h1-2H3,(H2,6,9)(H2,7,10). The lowest BCUT2D eigenvalue weighted by molar-refractivity contribution is 0.126. The van der Waals surface area contributed by atoms with Gasteiger partial charge < -0.3 is 16.2 Å². The molecule has 0 aliphatic carbocycles. The van der Waals surface area contributed by atoms with E-state index in [1.54, 1.807) is 6.92 Å². The molecule has 58 valence electrons. The molecule has 0 unspecified atom stereocenters. The van der Waals surface area contributed by atoms with Crippen LogP contribution in [0.4, 0.5) is 0 Å². The Kier molecular flexibility index (Phi) is 3.14. The highest BCUT2D eigenvalue weighted by Gasteiger charge is 2.30. The lowest BCUT2D eigenvalue weighted by atomic mass is 10.1. The first kappa shape index (κ1) is 9.74. The van der Waals surface area contributed by atoms with E-state index in [1.807, 2.05) is 0 Å². The summed E-state index contributed by atoms with van der Waals surface area (Å²) in [6, 6.07) is 0. The number of nitrogens with two attached hydrogens (primary N) is 2. The monoisotopic (exact) mass is 178 g/mol. The second-order valence-electron chi connectivity index (χ2n) is 1.97. The van der Waals surface area contributed by atoms with Gasteiger partial charge in [0.05, 0.1) is 0 Å². The van der Waals surface area contributed by atoms with Gasteiger partial charge in [-0.05, 0) is 6.92 Å². The minimum absolute atomic E-state index is 0.155. The minimum atomic E-state index is -0.940. The molecular weight excluding hydrogens is 168 g/mol. The zero-order valence-corrected chi connectivity index (χ0v) is 7.51. The van der Waals surface area contributed by atoms with Crippen molar-refractivity contribution in [2.45, 2.75) is 12.5 Å². The molecule has 0 heterocycles. The number of ether oxygens (including phenoxy) is 1. The van der Waals surface area contributed by atoms with Crippen molar-refractivity contribution < 1.29 is 4.74 Å². The van der Waals surface area contributed by atoms with Crippen molar-refractivity contribution in [3.05, 3.63) is 0 Å². The molecule has 3 nitrogen and oxygen atoms in total. The van der Waals surface area contributed by atoms with Crippen molar-refractivity contribution in [3.8, 4) is 0 Å². The maximum atomic E-state index is 5.32. The largest absolute Gasteiger partial charge is 0.391 e. The fraction of sp³-hybridized carbons (Fsp3) is 0.600. The molecule has 0 radical (unpaired) electrons. The Morgan fingerprint density at radius 3 is 1.60 bits per heavy atom. The molecule has 0 aliphatic rings. The second kappa shape index (κ2) is 3.23. The molecule has 0 aromatic rings. The van der Waals surface area contributed by atoms with Crippen molar-refractivity contribution in [2.75, 3.05) is 7.11 Å². The smallest absolute Gasteiger partial charge is 0.164 e. The maximum Gasteiger partial charge on any atom is 0.164 e. The van der Waals surface area contributed by atoms with Gasteiger partial charge in [-0.1, -0.05) is 24.4 Å². The van der Waals surface area contributed by atoms with Crippen molar-refractivity contribution in [1.29, 1.82) is 0 Å². The van der Waals surface area contributed by atoms with Crippen LogP contribution in [-0.4, -0.2) is 22.7 Å². The van der Waals surface area contributed by atoms with E-state index in [-0.39, 0.29) is 9.98 Å². The topological polar surface area (TPSA) is 61.3 Å². The Labute approximate surface area is 70.7 Å². The minimum Gasteiger partial charge on any atom is -0.391 e. The highest BCUT2D eigenvalue weighted by Crippen LogP contribution is 2.09. The molecule has 0 amide bonds. The first-order valence-electron chi connectivity index (χ1n) is 2.60. The van der Waals surface area contributed by atoms with Crippen molar-refractivity contribution >= 4 is 34.4 Å². The van der Waals surface area contributed by atoms with Crippen LogP contribution in [0, 0.1) is 0 Å². The Bertz CT molecular complexity index is 155. The first-order chi connectivity index (χ1) is 4.45. The summed E-state index contributed by atoms with van der Waals surface area (Å²) in [7, 11) is 1.46. The van der Waals surface area contributed by atoms with Crippen LogP contribution in [-0.2, 0) is 4.74 Å². The summed E-state index contributed by atoms with van der Waals surface area (Å²) in [6.45, 7) is 1.64. The van der Waals surface area contributed by atoms with Crippen LogP contribution < -0.4 is 11.5 Å². The van der Waals surface area contributed by atoms with Crippen molar-refractivity contribution in [3.63, 3.8) is 0 Å². The molecule has 0 fully saturated rings. The zero-order chi connectivity index (χ0) is 8.36. The van der Waals surface area contributed by atoms with E-state index in [9.17, 15) is 0 Å². The molecule has 4 N–H and O–H groups in total. The van der Waals surface area contributed by atoms with Crippen molar-refractivity contribution in [1.82, 2.24) is 0 Å². The Morgan fingerprint density at radius 2 is 1.60 bits per heavy atom. The van der Waals surface area contributed by atoms with E-state index in [0.717, 1.165) is 0 Å². The van der Waals surface area contributed by atoms with Gasteiger partial charge >= 0.3 is 0 Å². The second-order valence-corrected chi connectivity index (χ2v) is 2.85. The number of hydrogen-bond acceptors (Lipinski definition) is 3. The first-order valence-corrected chi connectivity index (χ1v) is 3.41. The summed E-state index contributed by atoms with van der Waals surface area (Å²) >= 11 is 9.38. The molecule has 0 atom stereocenters. The molecule has 0 rings (SSSR count). The van der Waals surface area contributed by atoms with Gasteiger partial charge in [0.15, 0.2) is 5.60 Å². The molecule has 0 saturated carbocycles. The van der Waals surface area contributed by atoms with E-state index in [2.05, 4.69) is 0 Å². The average molecular weight is 178 g/mol. The number of rotatable bonds is 3. The van der Waals surface area contributed by atoms with Crippen LogP contribution in [0.1, 0.15) is 6.92 Å². The van der Waals surface area contributed by atoms with E-state index in [4.69, 9.17) is 40.6 Å². The summed E-state index contributed by atoms with van der Waals surface area (Å²) in [4.78, 5) is 0.310. The summed E-state index contributed by atoms with van der Waals surface area (Å²) in [6.07, 6.45) is 0. The quantitative estimate of drug-likeness (QED) is 0.594. The third-order valence-electron chi connectivity index (χ3n) is 1.35. The number of methoxy groups -OCH3 is 1. The van der Waals surface area contributed by atoms with E-state index < -0.39 is 5.60 Å². The fourth-order valence-electron chi connectivity index (χ4n) is 0.323. The van der Waals surface area contributed by atoms with Gasteiger partial charge in [-0.25, -0.2) is 0 Å². The van der Waals surface area contributed by atoms with Crippen LogP contribution in [0.25, 0.3) is 0 Å². The number of hydrogen-bond donors (Lipinski definition) is 2. The van der Waals surface area contributed by atoms with Gasteiger partial charge in [0.2, 0.25) is 0 Å². The summed E-state index contributed by atoms with van der Waals surface area (Å²) < 4.78 is 4.93. The predicted molar refractivity (Wildman–Crippen MR) is 49.0 cm³/mol. The Morgan fingerprint density at radius 1 is 1.30 bits per heavy atom. The van der Waals surface area contributed by atoms with Crippen LogP contribution in [0.15, 0.2) is 0 Å². The molecule has 0 saturated heterocycles. The molecular formula is C5H10N2OS2. The van der Waals surface area contributed by atoms with Gasteiger partial charge in [-0.15, -0.1) is 0 Å². The molecule has 0 aliphatic heterocycles. The van der Waals surface area contributed by atoms with Crippen LogP contribution in [0.3, 0.4) is 0 Å². The maximum absolute atomic E-state index is 5.32. The molecule has 10 heavy (non-hydrogen) atoms. The van der Waals surface area contributed by atoms with Gasteiger partial charge in [-0.2, -0.15) is 0 Å². The number of thiocarbonyl (C=S) groups is 2. The highest BCUT2D eigenvalue weighted by atomic mass is 32.1. The van der Waals surface area contributed by atoms with Gasteiger partial charge in [0, 0.05) is 7.11 Å². The van der Waals surface area contributed by atoms with Gasteiger partial charge in [-0.3, -0.25) is 0 Å². The lowest BCUT2D eigenvalue weighted by Gasteiger charge is -2.24. The third-order valence-corrected chi connectivity index (χ3v) is 2.13. The normalized spacial score (nSPS) is 11.0. The van der Waals surface area contributed by atoms with E-state index in [0.29, 0.717) is 0 Å². The Hall–Kier alpha value is -0.260. The van der Waals surface area contributed by atoms with Crippen LogP contribution in [0.5, 0.6) is 0 Å². The summed E-state index contributed by atoms with van der Waals surface area (Å²) in [5, 5.41) is 0. The highest BCUT2D eigenvalue weighted by molar-refractivity contribution is 7.82. The Balaban J connectivity index is 4.55. The predicted octanol–water partition coefficient (Wildman–Crippen LogP) is -0.0363. The molecule has 5 heteroatoms. The SMILES string of the molecule is COC(C)(C(N)=S)C(N)=S. The van der Waals surface area contributed by atoms with Crippen molar-refractivity contribution in [2.24, 2.45) is 11.5 Å². The lowest BCUT2D eigenvalue weighted by Crippen LogP contribution is -2.51.